The van der Waals surface area contributed by atoms with E-state index in [1.807, 2.05) is 0 Å². The van der Waals surface area contributed by atoms with E-state index in [2.05, 4.69) is 24.2 Å². The Morgan fingerprint density at radius 1 is 1.67 bits per heavy atom. The van der Waals surface area contributed by atoms with Crippen LogP contribution in [0, 0.1) is 12.8 Å². The molecule has 1 aliphatic rings. The fourth-order valence-corrected chi connectivity index (χ4v) is 3.24. The van der Waals surface area contributed by atoms with Crippen LogP contribution in [-0.4, -0.2) is 10.5 Å². The van der Waals surface area contributed by atoms with E-state index in [-0.39, 0.29) is 5.54 Å². The highest BCUT2D eigenvalue weighted by molar-refractivity contribution is 7.09. The molecule has 0 saturated heterocycles. The number of nitrogens with two attached hydrogens (primary N) is 1. The standard InChI is InChI=1S/C12H20N2S/c1-3-10-4-5-12(13,6-10)7-11-8-15-9(2)14-11/h8,10H,3-7,13H2,1-2H3. The molecule has 2 nitrogen and oxygen atoms in total. The van der Waals surface area contributed by atoms with Gasteiger partial charge in [0.05, 0.1) is 10.7 Å². The molecule has 2 N–H and O–H groups in total. The van der Waals surface area contributed by atoms with Gasteiger partial charge >= 0.3 is 0 Å². The fraction of sp³-hybridized carbons (Fsp3) is 0.750. The summed E-state index contributed by atoms with van der Waals surface area (Å²) in [6, 6.07) is 0. The number of hydrogen-bond acceptors (Lipinski definition) is 3. The summed E-state index contributed by atoms with van der Waals surface area (Å²) < 4.78 is 0. The van der Waals surface area contributed by atoms with Crippen LogP contribution in [0.4, 0.5) is 0 Å². The highest BCUT2D eigenvalue weighted by Crippen LogP contribution is 2.36. The van der Waals surface area contributed by atoms with Crippen molar-refractivity contribution < 1.29 is 0 Å². The molecule has 3 heteroatoms. The topological polar surface area (TPSA) is 38.9 Å². The molecule has 0 spiro atoms. The Kier molecular flexibility index (Phi) is 3.12. The van der Waals surface area contributed by atoms with Crippen LogP contribution in [0.1, 0.15) is 43.3 Å². The van der Waals surface area contributed by atoms with E-state index >= 15 is 0 Å². The lowest BCUT2D eigenvalue weighted by molar-refractivity contribution is 0.404. The van der Waals surface area contributed by atoms with Crippen molar-refractivity contribution in [3.63, 3.8) is 0 Å². The summed E-state index contributed by atoms with van der Waals surface area (Å²) in [5, 5.41) is 3.31. The van der Waals surface area contributed by atoms with Gasteiger partial charge in [-0.1, -0.05) is 13.3 Å². The van der Waals surface area contributed by atoms with E-state index < -0.39 is 0 Å². The molecule has 0 bridgehead atoms. The first-order valence-corrected chi connectivity index (χ1v) is 6.69. The second-order valence-corrected chi connectivity index (χ2v) is 5.98. The second-order valence-electron chi connectivity index (χ2n) is 4.91. The monoisotopic (exact) mass is 224 g/mol. The molecule has 2 unspecified atom stereocenters. The van der Waals surface area contributed by atoms with Gasteiger partial charge in [0.15, 0.2) is 0 Å². The minimum Gasteiger partial charge on any atom is -0.325 e. The predicted octanol–water partition coefficient (Wildman–Crippen LogP) is 2.90. The van der Waals surface area contributed by atoms with Crippen molar-refractivity contribution in [1.29, 1.82) is 0 Å². The van der Waals surface area contributed by atoms with Gasteiger partial charge in [-0.25, -0.2) is 4.98 Å². The molecular formula is C12H20N2S. The lowest BCUT2D eigenvalue weighted by Gasteiger charge is -2.23. The Bertz CT molecular complexity index is 334. The number of hydrogen-bond donors (Lipinski definition) is 1. The van der Waals surface area contributed by atoms with Gasteiger partial charge in [-0.3, -0.25) is 0 Å². The number of nitrogens with zero attached hydrogens (tertiary/aromatic N) is 1. The number of rotatable bonds is 3. The molecule has 1 fully saturated rings. The summed E-state index contributed by atoms with van der Waals surface area (Å²) in [5.41, 5.74) is 7.65. The van der Waals surface area contributed by atoms with Crippen LogP contribution in [0.5, 0.6) is 0 Å². The summed E-state index contributed by atoms with van der Waals surface area (Å²) >= 11 is 1.73. The Morgan fingerprint density at radius 3 is 3.00 bits per heavy atom. The van der Waals surface area contributed by atoms with Gasteiger partial charge in [-0.2, -0.15) is 0 Å². The van der Waals surface area contributed by atoms with Crippen molar-refractivity contribution in [2.75, 3.05) is 0 Å². The number of thiazole rings is 1. The summed E-state index contributed by atoms with van der Waals surface area (Å²) in [6.07, 6.45) is 5.89. The molecule has 84 valence electrons. The van der Waals surface area contributed by atoms with Crippen LogP contribution in [0.3, 0.4) is 0 Å². The predicted molar refractivity (Wildman–Crippen MR) is 65.1 cm³/mol. The molecule has 2 atom stereocenters. The maximum absolute atomic E-state index is 6.43. The van der Waals surface area contributed by atoms with Crippen LogP contribution >= 0.6 is 11.3 Å². The van der Waals surface area contributed by atoms with Crippen LogP contribution in [0.15, 0.2) is 5.38 Å². The summed E-state index contributed by atoms with van der Waals surface area (Å²) in [4.78, 5) is 4.51. The average Bonchev–Trinajstić information content (AvgIpc) is 2.74. The molecule has 0 aliphatic heterocycles. The quantitative estimate of drug-likeness (QED) is 0.857. The maximum atomic E-state index is 6.43. The molecule has 1 saturated carbocycles. The normalized spacial score (nSPS) is 31.0. The Labute approximate surface area is 95.9 Å². The summed E-state index contributed by atoms with van der Waals surface area (Å²) in [5.74, 6) is 0.842. The molecule has 1 aliphatic carbocycles. The molecule has 0 radical (unpaired) electrons. The molecule has 0 amide bonds. The zero-order valence-electron chi connectivity index (χ0n) is 9.62. The highest BCUT2D eigenvalue weighted by atomic mass is 32.1. The average molecular weight is 224 g/mol. The van der Waals surface area contributed by atoms with Crippen molar-refractivity contribution in [3.05, 3.63) is 16.1 Å². The van der Waals surface area contributed by atoms with E-state index in [9.17, 15) is 0 Å². The van der Waals surface area contributed by atoms with Crippen LogP contribution in [0.2, 0.25) is 0 Å². The van der Waals surface area contributed by atoms with Gasteiger partial charge < -0.3 is 5.73 Å². The van der Waals surface area contributed by atoms with E-state index in [1.54, 1.807) is 11.3 Å². The first-order valence-electron chi connectivity index (χ1n) is 5.81. The SMILES string of the molecule is CCC1CCC(N)(Cc2csc(C)n2)C1. The molecule has 15 heavy (non-hydrogen) atoms. The lowest BCUT2D eigenvalue weighted by Crippen LogP contribution is -2.39. The highest BCUT2D eigenvalue weighted by Gasteiger charge is 2.35. The largest absolute Gasteiger partial charge is 0.325 e. The van der Waals surface area contributed by atoms with Gasteiger partial charge in [-0.15, -0.1) is 11.3 Å². The van der Waals surface area contributed by atoms with Gasteiger partial charge in [0.2, 0.25) is 0 Å². The molecule has 0 aromatic carbocycles. The third kappa shape index (κ3) is 2.58. The van der Waals surface area contributed by atoms with Crippen molar-refractivity contribution in [2.24, 2.45) is 11.7 Å². The smallest absolute Gasteiger partial charge is 0.0897 e. The van der Waals surface area contributed by atoms with Crippen LogP contribution in [-0.2, 0) is 6.42 Å². The Balaban J connectivity index is 2.00. The third-order valence-corrected chi connectivity index (χ3v) is 4.35. The molecule has 1 aromatic heterocycles. The number of aryl methyl sites for hydroxylation is 1. The zero-order chi connectivity index (χ0) is 10.9. The van der Waals surface area contributed by atoms with E-state index in [0.717, 1.165) is 17.3 Å². The first-order chi connectivity index (χ1) is 7.11. The zero-order valence-corrected chi connectivity index (χ0v) is 10.4. The van der Waals surface area contributed by atoms with Gasteiger partial charge in [0.25, 0.3) is 0 Å². The third-order valence-electron chi connectivity index (χ3n) is 3.52. The minimum absolute atomic E-state index is 0.0290. The van der Waals surface area contributed by atoms with Crippen molar-refractivity contribution >= 4 is 11.3 Å². The van der Waals surface area contributed by atoms with Gasteiger partial charge in [-0.05, 0) is 32.1 Å². The molecular weight excluding hydrogens is 204 g/mol. The van der Waals surface area contributed by atoms with Gasteiger partial charge in [0, 0.05) is 17.3 Å². The molecule has 2 rings (SSSR count). The minimum atomic E-state index is 0.0290. The Hall–Kier alpha value is -0.410. The van der Waals surface area contributed by atoms with Crippen LogP contribution in [0.25, 0.3) is 0 Å². The van der Waals surface area contributed by atoms with Crippen molar-refractivity contribution in [2.45, 2.75) is 51.5 Å². The second kappa shape index (κ2) is 4.22. The first kappa shape index (κ1) is 11.1. The fourth-order valence-electron chi connectivity index (χ4n) is 2.63. The van der Waals surface area contributed by atoms with E-state index in [1.165, 1.54) is 31.4 Å². The van der Waals surface area contributed by atoms with Crippen molar-refractivity contribution in [1.82, 2.24) is 4.98 Å². The van der Waals surface area contributed by atoms with Crippen LogP contribution < -0.4 is 5.73 Å². The molecule has 1 heterocycles. The number of aromatic nitrogens is 1. The summed E-state index contributed by atoms with van der Waals surface area (Å²) in [7, 11) is 0. The molecule has 1 aromatic rings. The van der Waals surface area contributed by atoms with Crippen molar-refractivity contribution in [3.8, 4) is 0 Å². The van der Waals surface area contributed by atoms with Gasteiger partial charge in [0.1, 0.15) is 0 Å². The lowest BCUT2D eigenvalue weighted by atomic mass is 9.91. The Morgan fingerprint density at radius 2 is 2.47 bits per heavy atom. The summed E-state index contributed by atoms with van der Waals surface area (Å²) in [6.45, 7) is 4.32. The maximum Gasteiger partial charge on any atom is 0.0897 e. The van der Waals surface area contributed by atoms with E-state index in [4.69, 9.17) is 5.73 Å². The van der Waals surface area contributed by atoms with E-state index in [0.29, 0.717) is 0 Å².